The average molecular weight is 366 g/mol. The summed E-state index contributed by atoms with van der Waals surface area (Å²) in [6.07, 6.45) is 1.54. The van der Waals surface area contributed by atoms with Crippen molar-refractivity contribution in [2.45, 2.75) is 25.1 Å². The van der Waals surface area contributed by atoms with E-state index in [0.29, 0.717) is 23.2 Å². The molecule has 3 N–H and O–H groups in total. The van der Waals surface area contributed by atoms with Gasteiger partial charge in [-0.2, -0.15) is 0 Å². The van der Waals surface area contributed by atoms with E-state index >= 15 is 0 Å². The Kier molecular flexibility index (Phi) is 5.41. The van der Waals surface area contributed by atoms with Crippen LogP contribution in [0, 0.1) is 0 Å². The molecule has 134 valence electrons. The Morgan fingerprint density at radius 2 is 2.36 bits per heavy atom. The minimum atomic E-state index is -0.571. The predicted octanol–water partition coefficient (Wildman–Crippen LogP) is -0.766. The first kappa shape index (κ1) is 17.5. The lowest BCUT2D eigenvalue weighted by Crippen LogP contribution is -2.52. The zero-order valence-corrected chi connectivity index (χ0v) is 14.2. The number of aromatic nitrogens is 2. The molecular weight excluding hydrogens is 348 g/mol. The summed E-state index contributed by atoms with van der Waals surface area (Å²) in [5, 5.41) is 4.57. The van der Waals surface area contributed by atoms with Crippen molar-refractivity contribution in [1.82, 2.24) is 14.9 Å². The maximum atomic E-state index is 12.3. The Balaban J connectivity index is 1.64. The van der Waals surface area contributed by atoms with E-state index in [0.717, 1.165) is 0 Å². The second kappa shape index (κ2) is 7.72. The molecule has 2 amide bonds. The summed E-state index contributed by atoms with van der Waals surface area (Å²) < 4.78 is 12.6. The fourth-order valence-corrected chi connectivity index (χ4v) is 3.43. The second-order valence-electron chi connectivity index (χ2n) is 5.67. The molecule has 25 heavy (non-hydrogen) atoms. The zero-order valence-electron chi connectivity index (χ0n) is 13.3. The third-order valence-electron chi connectivity index (χ3n) is 3.83. The molecule has 3 heterocycles. The van der Waals surface area contributed by atoms with E-state index in [1.165, 1.54) is 22.2 Å². The second-order valence-corrected chi connectivity index (χ2v) is 6.58. The minimum absolute atomic E-state index is 0.154. The summed E-state index contributed by atoms with van der Waals surface area (Å²) in [5.41, 5.74) is 5.45. The number of nitrogens with two attached hydrogens (primary N) is 1. The van der Waals surface area contributed by atoms with Crippen LogP contribution in [0.25, 0.3) is 10.2 Å². The molecule has 3 rings (SSSR count). The zero-order chi connectivity index (χ0) is 17.8. The standard InChI is InChI=1S/C15H18N4O5S/c16-12(20)7-24-11-1-3-23-6-10(11)18-13(21)5-19-8-17-9-2-4-25-14(9)15(19)22/h2,4,8,10-11H,1,3,5-7H2,(H2,16,20)(H,18,21)/t10-,11+/m1/s1. The number of nitrogens with one attached hydrogen (secondary N) is 1. The monoisotopic (exact) mass is 366 g/mol. The van der Waals surface area contributed by atoms with Gasteiger partial charge >= 0.3 is 0 Å². The number of primary amides is 1. The molecule has 1 aliphatic rings. The fourth-order valence-electron chi connectivity index (χ4n) is 2.64. The van der Waals surface area contributed by atoms with Crippen molar-refractivity contribution >= 4 is 33.4 Å². The van der Waals surface area contributed by atoms with E-state index in [4.69, 9.17) is 15.2 Å². The van der Waals surface area contributed by atoms with Gasteiger partial charge in [-0.15, -0.1) is 11.3 Å². The minimum Gasteiger partial charge on any atom is -0.379 e. The van der Waals surface area contributed by atoms with Crippen molar-refractivity contribution in [2.75, 3.05) is 19.8 Å². The van der Waals surface area contributed by atoms with Crippen molar-refractivity contribution in [3.8, 4) is 0 Å². The molecule has 0 bridgehead atoms. The molecule has 0 saturated carbocycles. The van der Waals surface area contributed by atoms with Gasteiger partial charge in [-0.3, -0.25) is 19.0 Å². The van der Waals surface area contributed by atoms with E-state index in [9.17, 15) is 14.4 Å². The van der Waals surface area contributed by atoms with Crippen LogP contribution in [0.15, 0.2) is 22.6 Å². The van der Waals surface area contributed by atoms with E-state index in [-0.39, 0.29) is 37.3 Å². The molecule has 1 aliphatic heterocycles. The molecule has 2 atom stereocenters. The SMILES string of the molecule is NC(=O)CO[C@H]1CCOC[C@H]1NC(=O)Cn1cnc2ccsc2c1=O. The van der Waals surface area contributed by atoms with E-state index in [1.807, 2.05) is 0 Å². The Bertz CT molecular complexity index is 833. The number of ether oxygens (including phenoxy) is 2. The summed E-state index contributed by atoms with van der Waals surface area (Å²) in [4.78, 5) is 39.6. The summed E-state index contributed by atoms with van der Waals surface area (Å²) in [6.45, 7) is 0.384. The first-order valence-corrected chi connectivity index (χ1v) is 8.62. The van der Waals surface area contributed by atoms with Crippen LogP contribution in [-0.4, -0.2) is 53.3 Å². The molecule has 9 nitrogen and oxygen atoms in total. The topological polar surface area (TPSA) is 126 Å². The lowest BCUT2D eigenvalue weighted by Gasteiger charge is -2.31. The van der Waals surface area contributed by atoms with Crippen molar-refractivity contribution in [3.05, 3.63) is 28.1 Å². The maximum absolute atomic E-state index is 12.3. The largest absolute Gasteiger partial charge is 0.379 e. The Labute approximate surface area is 146 Å². The van der Waals surface area contributed by atoms with Crippen molar-refractivity contribution < 1.29 is 19.1 Å². The number of thiophene rings is 1. The highest BCUT2D eigenvalue weighted by molar-refractivity contribution is 7.17. The van der Waals surface area contributed by atoms with Gasteiger partial charge in [0.2, 0.25) is 11.8 Å². The summed E-state index contributed by atoms with van der Waals surface area (Å²) >= 11 is 1.29. The maximum Gasteiger partial charge on any atom is 0.271 e. The molecule has 2 aromatic rings. The highest BCUT2D eigenvalue weighted by Crippen LogP contribution is 2.14. The smallest absolute Gasteiger partial charge is 0.271 e. The van der Waals surface area contributed by atoms with Crippen LogP contribution in [0.1, 0.15) is 6.42 Å². The number of hydrogen-bond acceptors (Lipinski definition) is 7. The van der Waals surface area contributed by atoms with Crippen LogP contribution < -0.4 is 16.6 Å². The third kappa shape index (κ3) is 4.21. The average Bonchev–Trinajstić information content (AvgIpc) is 3.06. The van der Waals surface area contributed by atoms with Gasteiger partial charge in [0.1, 0.15) is 17.9 Å². The van der Waals surface area contributed by atoms with Crippen LogP contribution in [0.4, 0.5) is 0 Å². The van der Waals surface area contributed by atoms with Crippen LogP contribution >= 0.6 is 11.3 Å². The number of hydrogen-bond donors (Lipinski definition) is 2. The molecular formula is C15H18N4O5S. The van der Waals surface area contributed by atoms with Crippen molar-refractivity contribution in [2.24, 2.45) is 5.73 Å². The van der Waals surface area contributed by atoms with Gasteiger partial charge in [-0.1, -0.05) is 0 Å². The lowest BCUT2D eigenvalue weighted by atomic mass is 10.1. The van der Waals surface area contributed by atoms with Crippen LogP contribution in [0.5, 0.6) is 0 Å². The molecule has 2 aromatic heterocycles. The molecule has 0 unspecified atom stereocenters. The van der Waals surface area contributed by atoms with Crippen molar-refractivity contribution in [3.63, 3.8) is 0 Å². The third-order valence-corrected chi connectivity index (χ3v) is 4.72. The van der Waals surface area contributed by atoms with Gasteiger partial charge in [-0.25, -0.2) is 4.98 Å². The van der Waals surface area contributed by atoms with Crippen LogP contribution in [0.3, 0.4) is 0 Å². The number of fused-ring (bicyclic) bond motifs is 1. The normalized spacial score (nSPS) is 20.5. The molecule has 0 radical (unpaired) electrons. The van der Waals surface area contributed by atoms with Gasteiger partial charge in [0.15, 0.2) is 0 Å². The first-order valence-electron chi connectivity index (χ1n) is 7.74. The fraction of sp³-hybridized carbons (Fsp3) is 0.467. The van der Waals surface area contributed by atoms with Gasteiger partial charge in [-0.05, 0) is 17.9 Å². The first-order chi connectivity index (χ1) is 12.0. The van der Waals surface area contributed by atoms with Crippen LogP contribution in [-0.2, 0) is 25.6 Å². The molecule has 1 saturated heterocycles. The van der Waals surface area contributed by atoms with E-state index < -0.39 is 11.9 Å². The summed E-state index contributed by atoms with van der Waals surface area (Å²) in [7, 11) is 0. The van der Waals surface area contributed by atoms with Gasteiger partial charge in [0.25, 0.3) is 5.56 Å². The molecule has 0 aliphatic carbocycles. The quantitative estimate of drug-likeness (QED) is 0.692. The van der Waals surface area contributed by atoms with Crippen molar-refractivity contribution in [1.29, 1.82) is 0 Å². The summed E-state index contributed by atoms with van der Waals surface area (Å²) in [6, 6.07) is 1.35. The molecule has 10 heteroatoms. The number of nitrogens with zero attached hydrogens (tertiary/aromatic N) is 2. The Morgan fingerprint density at radius 1 is 1.52 bits per heavy atom. The highest BCUT2D eigenvalue weighted by atomic mass is 32.1. The van der Waals surface area contributed by atoms with Gasteiger partial charge in [0.05, 0.1) is 30.6 Å². The Hall–Kier alpha value is -2.30. The van der Waals surface area contributed by atoms with Crippen LogP contribution in [0.2, 0.25) is 0 Å². The lowest BCUT2D eigenvalue weighted by molar-refractivity contribution is -0.131. The molecule has 1 fully saturated rings. The number of amides is 2. The number of carbonyl (C=O) groups is 2. The Morgan fingerprint density at radius 3 is 3.16 bits per heavy atom. The number of carbonyl (C=O) groups excluding carboxylic acids is 2. The van der Waals surface area contributed by atoms with Gasteiger partial charge in [0, 0.05) is 6.61 Å². The van der Waals surface area contributed by atoms with E-state index in [1.54, 1.807) is 11.4 Å². The predicted molar refractivity (Wildman–Crippen MR) is 90.2 cm³/mol. The van der Waals surface area contributed by atoms with Gasteiger partial charge < -0.3 is 20.5 Å². The molecule has 0 spiro atoms. The highest BCUT2D eigenvalue weighted by Gasteiger charge is 2.28. The number of rotatable bonds is 6. The van der Waals surface area contributed by atoms with E-state index in [2.05, 4.69) is 10.3 Å². The molecule has 0 aromatic carbocycles. The summed E-state index contributed by atoms with van der Waals surface area (Å²) in [5.74, 6) is -0.929.